The van der Waals surface area contributed by atoms with Gasteiger partial charge in [0.2, 0.25) is 6.23 Å². The first-order chi connectivity index (χ1) is 12.6. The van der Waals surface area contributed by atoms with Crippen molar-refractivity contribution < 1.29 is 14.6 Å². The minimum atomic E-state index is -0.898. The highest BCUT2D eigenvalue weighted by Gasteiger charge is 2.46. The van der Waals surface area contributed by atoms with Crippen LogP contribution in [0.25, 0.3) is 0 Å². The van der Waals surface area contributed by atoms with E-state index in [9.17, 15) is 9.90 Å². The topological polar surface area (TPSA) is 77.2 Å². The summed E-state index contributed by atoms with van der Waals surface area (Å²) < 4.78 is 8.66. The molecular formula is C19H25Br2N3O3. The molecule has 8 heteroatoms. The van der Waals surface area contributed by atoms with Crippen molar-refractivity contribution in [2.45, 2.75) is 45.4 Å². The molecule has 1 N–H and O–H groups in total. The van der Waals surface area contributed by atoms with E-state index in [4.69, 9.17) is 4.74 Å². The minimum absolute atomic E-state index is 0.00566. The number of rotatable bonds is 9. The Morgan fingerprint density at radius 2 is 1.93 bits per heavy atom. The maximum absolute atomic E-state index is 13.2. The summed E-state index contributed by atoms with van der Waals surface area (Å²) in [6.07, 6.45) is 2.56. The van der Waals surface area contributed by atoms with Crippen molar-refractivity contribution in [3.63, 3.8) is 0 Å². The monoisotopic (exact) mass is 501 g/mol. The Bertz CT molecular complexity index is 731. The molecule has 0 aliphatic heterocycles. The number of alkyl halides is 1. The molecule has 1 aromatic heterocycles. The summed E-state index contributed by atoms with van der Waals surface area (Å²) in [7, 11) is 0. The highest BCUT2D eigenvalue weighted by Crippen LogP contribution is 2.42. The van der Waals surface area contributed by atoms with Gasteiger partial charge in [-0.2, -0.15) is 5.10 Å². The second-order valence-corrected chi connectivity index (χ2v) is 9.32. The molecule has 2 aromatic rings. The molecule has 0 saturated heterocycles. The van der Waals surface area contributed by atoms with Crippen LogP contribution in [0.2, 0.25) is 0 Å². The number of carbonyl (C=O) groups is 1. The van der Waals surface area contributed by atoms with Gasteiger partial charge >= 0.3 is 0 Å². The van der Waals surface area contributed by atoms with Gasteiger partial charge < -0.3 is 9.84 Å². The van der Waals surface area contributed by atoms with E-state index in [-0.39, 0.29) is 11.7 Å². The first-order valence-electron chi connectivity index (χ1n) is 8.74. The highest BCUT2D eigenvalue weighted by molar-refractivity contribution is 9.10. The van der Waals surface area contributed by atoms with E-state index < -0.39 is 22.6 Å². The third kappa shape index (κ3) is 5.62. The average Bonchev–Trinajstić information content (AvgIpc) is 3.09. The van der Waals surface area contributed by atoms with Crippen LogP contribution in [0.3, 0.4) is 0 Å². The van der Waals surface area contributed by atoms with Crippen LogP contribution >= 0.6 is 31.9 Å². The first kappa shape index (κ1) is 22.0. The van der Waals surface area contributed by atoms with Crippen molar-refractivity contribution >= 4 is 37.6 Å². The number of aromatic nitrogens is 3. The average molecular weight is 503 g/mol. The lowest BCUT2D eigenvalue weighted by atomic mass is 9.74. The normalized spacial score (nSPS) is 15.4. The third-order valence-corrected chi connectivity index (χ3v) is 6.13. The molecule has 3 atom stereocenters. The van der Waals surface area contributed by atoms with Gasteiger partial charge in [-0.1, -0.05) is 59.6 Å². The number of ether oxygens (including phenoxy) is 1. The largest absolute Gasteiger partial charge is 0.468 e. The number of hydrogen-bond acceptors (Lipinski definition) is 5. The maximum Gasteiger partial charge on any atom is 0.203 e. The van der Waals surface area contributed by atoms with Crippen molar-refractivity contribution in [2.75, 3.05) is 0 Å². The molecule has 1 heterocycles. The van der Waals surface area contributed by atoms with E-state index >= 15 is 0 Å². The maximum atomic E-state index is 13.2. The molecule has 0 aliphatic carbocycles. The molecule has 0 fully saturated rings. The number of benzene rings is 1. The van der Waals surface area contributed by atoms with Crippen LogP contribution in [0.1, 0.15) is 40.3 Å². The Balaban J connectivity index is 2.48. The van der Waals surface area contributed by atoms with Crippen molar-refractivity contribution in [3.05, 3.63) is 41.4 Å². The number of halogens is 2. The predicted octanol–water partition coefficient (Wildman–Crippen LogP) is 4.59. The van der Waals surface area contributed by atoms with Gasteiger partial charge in [-0.3, -0.25) is 4.79 Å². The fourth-order valence-electron chi connectivity index (χ4n) is 2.90. The van der Waals surface area contributed by atoms with Gasteiger partial charge in [-0.05, 0) is 30.2 Å². The van der Waals surface area contributed by atoms with Gasteiger partial charge in [0.25, 0.3) is 0 Å². The van der Waals surface area contributed by atoms with Crippen molar-refractivity contribution in [2.24, 2.45) is 17.3 Å². The first-order valence-corrected chi connectivity index (χ1v) is 10.4. The molecule has 0 bridgehead atoms. The lowest BCUT2D eigenvalue weighted by Crippen LogP contribution is -2.45. The van der Waals surface area contributed by atoms with Crippen molar-refractivity contribution in [1.29, 1.82) is 0 Å². The number of aliphatic hydroxyl groups excluding tert-OH is 1. The smallest absolute Gasteiger partial charge is 0.203 e. The van der Waals surface area contributed by atoms with E-state index in [1.54, 1.807) is 0 Å². The van der Waals surface area contributed by atoms with Gasteiger partial charge in [0.1, 0.15) is 29.2 Å². The van der Waals surface area contributed by atoms with E-state index in [0.717, 1.165) is 4.47 Å². The Kier molecular flexibility index (Phi) is 7.59. The molecular weight excluding hydrogens is 478 g/mol. The van der Waals surface area contributed by atoms with Gasteiger partial charge in [-0.15, -0.1) is 0 Å². The molecule has 0 saturated carbocycles. The zero-order valence-corrected chi connectivity index (χ0v) is 19.0. The molecule has 27 heavy (non-hydrogen) atoms. The molecule has 2 rings (SSSR count). The van der Waals surface area contributed by atoms with E-state index in [0.29, 0.717) is 12.2 Å². The quantitative estimate of drug-likeness (QED) is 0.507. The summed E-state index contributed by atoms with van der Waals surface area (Å²) in [6.45, 7) is 7.66. The van der Waals surface area contributed by atoms with E-state index in [1.807, 2.05) is 52.0 Å². The van der Waals surface area contributed by atoms with Crippen molar-refractivity contribution in [3.8, 4) is 5.75 Å². The van der Waals surface area contributed by atoms with E-state index in [1.165, 1.54) is 17.3 Å². The summed E-state index contributed by atoms with van der Waals surface area (Å²) >= 11 is 6.66. The molecule has 0 radical (unpaired) electrons. The lowest BCUT2D eigenvalue weighted by molar-refractivity contribution is -0.138. The van der Waals surface area contributed by atoms with Crippen LogP contribution in [0.4, 0.5) is 0 Å². The zero-order chi connectivity index (χ0) is 20.2. The molecule has 148 valence electrons. The van der Waals surface area contributed by atoms with Gasteiger partial charge in [0.15, 0.2) is 0 Å². The Hall–Kier alpha value is -1.25. The van der Waals surface area contributed by atoms with Gasteiger partial charge in [0.05, 0.1) is 5.92 Å². The van der Waals surface area contributed by atoms with Crippen LogP contribution in [0.5, 0.6) is 5.75 Å². The molecule has 0 spiro atoms. The van der Waals surface area contributed by atoms with Crippen molar-refractivity contribution in [1.82, 2.24) is 14.8 Å². The molecule has 0 amide bonds. The molecule has 1 aromatic carbocycles. The summed E-state index contributed by atoms with van der Waals surface area (Å²) in [5.74, 6) is 0.138. The van der Waals surface area contributed by atoms with Gasteiger partial charge in [0, 0.05) is 16.3 Å². The Morgan fingerprint density at radius 3 is 2.41 bits per heavy atom. The fourth-order valence-corrected chi connectivity index (χ4v) is 3.44. The molecule has 3 unspecified atom stereocenters. The van der Waals surface area contributed by atoms with Crippen LogP contribution < -0.4 is 4.74 Å². The Morgan fingerprint density at radius 1 is 1.30 bits per heavy atom. The number of hydrogen-bond donors (Lipinski definition) is 1. The number of ketones is 1. The molecule has 6 nitrogen and oxygen atoms in total. The zero-order valence-electron chi connectivity index (χ0n) is 15.8. The second kappa shape index (κ2) is 9.30. The fraction of sp³-hybridized carbons (Fsp3) is 0.526. The van der Waals surface area contributed by atoms with Crippen LogP contribution in [0.15, 0.2) is 41.4 Å². The third-order valence-electron chi connectivity index (χ3n) is 4.42. The van der Waals surface area contributed by atoms with Crippen LogP contribution in [-0.2, 0) is 4.79 Å². The van der Waals surface area contributed by atoms with Gasteiger partial charge in [-0.25, -0.2) is 9.67 Å². The highest BCUT2D eigenvalue weighted by atomic mass is 79.9. The van der Waals surface area contributed by atoms with E-state index in [2.05, 4.69) is 41.9 Å². The van der Waals surface area contributed by atoms with Crippen LogP contribution in [0, 0.1) is 17.3 Å². The minimum Gasteiger partial charge on any atom is -0.468 e. The number of aliphatic hydroxyl groups is 1. The lowest BCUT2D eigenvalue weighted by Gasteiger charge is -2.39. The summed E-state index contributed by atoms with van der Waals surface area (Å²) in [5.41, 5.74) is -0.808. The standard InChI is InChI=1S/C19H25Br2N3O3/c1-12(2)9-15(25)16(19(3,4)18(21)26)17(24-11-22-10-23-24)27-14-7-5-13(20)6-8-14/h5-8,10-12,16-18,26H,9H2,1-4H3. The SMILES string of the molecule is CC(C)CC(=O)C(C(Oc1ccc(Br)cc1)n1cncn1)C(C)(C)C(O)Br. The summed E-state index contributed by atoms with van der Waals surface area (Å²) in [5, 5.41) is 13.7. The number of nitrogens with zero attached hydrogens (tertiary/aromatic N) is 3. The second-order valence-electron chi connectivity index (χ2n) is 7.54. The summed E-state index contributed by atoms with van der Waals surface area (Å²) in [4.78, 5) is 17.2. The number of carbonyl (C=O) groups excluding carboxylic acids is 1. The molecule has 0 aliphatic rings. The Labute approximate surface area is 176 Å². The predicted molar refractivity (Wildman–Crippen MR) is 110 cm³/mol. The van der Waals surface area contributed by atoms with Crippen LogP contribution in [-0.4, -0.2) is 30.7 Å². The summed E-state index contributed by atoms with van der Waals surface area (Å²) in [6, 6.07) is 7.36. The number of Topliss-reactive ketones (excluding diaryl/α,β-unsaturated/α-hetero) is 1.